The molecule has 4 nitrogen and oxygen atoms in total. The molecule has 0 aliphatic carbocycles. The summed E-state index contributed by atoms with van der Waals surface area (Å²) >= 11 is 7.39. The first-order valence-corrected chi connectivity index (χ1v) is 6.11. The van der Waals surface area contributed by atoms with Crippen LogP contribution in [-0.4, -0.2) is 15.9 Å². The van der Waals surface area contributed by atoms with E-state index in [9.17, 15) is 4.79 Å². The van der Waals surface area contributed by atoms with Crippen molar-refractivity contribution in [2.45, 2.75) is 13.8 Å². The number of hydrogen-bond acceptors (Lipinski definition) is 4. The van der Waals surface area contributed by atoms with Crippen LogP contribution in [0.25, 0.3) is 0 Å². The highest BCUT2D eigenvalue weighted by molar-refractivity contribution is 7.15. The summed E-state index contributed by atoms with van der Waals surface area (Å²) in [5, 5.41) is 3.63. The van der Waals surface area contributed by atoms with Crippen LogP contribution in [0.5, 0.6) is 0 Å². The Morgan fingerprint density at radius 2 is 2.12 bits per heavy atom. The number of pyridine rings is 1. The van der Waals surface area contributed by atoms with Crippen molar-refractivity contribution >= 4 is 34.0 Å². The van der Waals surface area contributed by atoms with Crippen molar-refractivity contribution in [1.29, 1.82) is 0 Å². The molecule has 0 radical (unpaired) electrons. The van der Waals surface area contributed by atoms with E-state index in [4.69, 9.17) is 11.6 Å². The van der Waals surface area contributed by atoms with Crippen molar-refractivity contribution < 1.29 is 4.79 Å². The Bertz CT molecular complexity index is 568. The van der Waals surface area contributed by atoms with Gasteiger partial charge in [-0.3, -0.25) is 15.1 Å². The number of carbonyl (C=O) groups is 1. The quantitative estimate of drug-likeness (QED) is 0.910. The smallest absolute Gasteiger partial charge is 0.260 e. The number of amides is 1. The van der Waals surface area contributed by atoms with Crippen LogP contribution in [0.3, 0.4) is 0 Å². The number of thiazole rings is 1. The van der Waals surface area contributed by atoms with Crippen molar-refractivity contribution in [2.75, 3.05) is 5.32 Å². The van der Waals surface area contributed by atoms with Gasteiger partial charge in [0.2, 0.25) is 0 Å². The zero-order chi connectivity index (χ0) is 12.4. The van der Waals surface area contributed by atoms with E-state index in [0.717, 1.165) is 10.6 Å². The fourth-order valence-corrected chi connectivity index (χ4v) is 2.22. The van der Waals surface area contributed by atoms with E-state index in [0.29, 0.717) is 15.7 Å². The van der Waals surface area contributed by atoms with Gasteiger partial charge in [-0.1, -0.05) is 11.6 Å². The van der Waals surface area contributed by atoms with Crippen LogP contribution in [0.15, 0.2) is 18.5 Å². The molecule has 0 aliphatic heterocycles. The van der Waals surface area contributed by atoms with Crippen LogP contribution >= 0.6 is 22.9 Å². The van der Waals surface area contributed by atoms with Crippen LogP contribution in [0, 0.1) is 13.8 Å². The lowest BCUT2D eigenvalue weighted by Crippen LogP contribution is -2.12. The minimum Gasteiger partial charge on any atom is -0.298 e. The molecule has 6 heteroatoms. The molecule has 1 amide bonds. The summed E-state index contributed by atoms with van der Waals surface area (Å²) in [6.45, 7) is 3.74. The van der Waals surface area contributed by atoms with Gasteiger partial charge in [-0.2, -0.15) is 0 Å². The standard InChI is InChI=1S/C11H10ClN3OS/c1-6-3-9(12)8(5-13-6)10(16)15-11-14-4-7(2)17-11/h3-5H,1-2H3,(H,14,15,16). The minimum absolute atomic E-state index is 0.295. The molecule has 88 valence electrons. The van der Waals surface area contributed by atoms with Gasteiger partial charge in [0, 0.05) is 23.0 Å². The summed E-state index contributed by atoms with van der Waals surface area (Å²) in [5.74, 6) is -0.295. The maximum absolute atomic E-state index is 11.9. The van der Waals surface area contributed by atoms with E-state index in [1.165, 1.54) is 17.5 Å². The van der Waals surface area contributed by atoms with Gasteiger partial charge in [0.15, 0.2) is 5.13 Å². The van der Waals surface area contributed by atoms with Crippen molar-refractivity contribution in [3.63, 3.8) is 0 Å². The van der Waals surface area contributed by atoms with Gasteiger partial charge in [-0.25, -0.2) is 4.98 Å². The van der Waals surface area contributed by atoms with Gasteiger partial charge < -0.3 is 0 Å². The first-order valence-electron chi connectivity index (χ1n) is 4.92. The lowest BCUT2D eigenvalue weighted by Gasteiger charge is -2.03. The maximum Gasteiger partial charge on any atom is 0.260 e. The fourth-order valence-electron chi connectivity index (χ4n) is 1.27. The Hall–Kier alpha value is -1.46. The molecule has 0 fully saturated rings. The van der Waals surface area contributed by atoms with Gasteiger partial charge in [0.1, 0.15) is 0 Å². The molecule has 2 aromatic rings. The lowest BCUT2D eigenvalue weighted by atomic mass is 10.2. The number of anilines is 1. The topological polar surface area (TPSA) is 54.9 Å². The average molecular weight is 268 g/mol. The monoisotopic (exact) mass is 267 g/mol. The third-order valence-electron chi connectivity index (χ3n) is 2.08. The molecule has 0 bridgehead atoms. The average Bonchev–Trinajstić information content (AvgIpc) is 2.63. The molecular formula is C11H10ClN3OS. The molecule has 0 aliphatic rings. The van der Waals surface area contributed by atoms with Crippen molar-refractivity contribution in [1.82, 2.24) is 9.97 Å². The number of hydrogen-bond donors (Lipinski definition) is 1. The highest BCUT2D eigenvalue weighted by atomic mass is 35.5. The maximum atomic E-state index is 11.9. The molecule has 0 atom stereocenters. The van der Waals surface area contributed by atoms with Gasteiger partial charge >= 0.3 is 0 Å². The van der Waals surface area contributed by atoms with Gasteiger partial charge in [-0.05, 0) is 19.9 Å². The molecular weight excluding hydrogens is 258 g/mol. The van der Waals surface area contributed by atoms with E-state index >= 15 is 0 Å². The summed E-state index contributed by atoms with van der Waals surface area (Å²) in [4.78, 5) is 21.0. The summed E-state index contributed by atoms with van der Waals surface area (Å²) < 4.78 is 0. The highest BCUT2D eigenvalue weighted by Gasteiger charge is 2.12. The summed E-state index contributed by atoms with van der Waals surface area (Å²) in [6, 6.07) is 1.66. The number of nitrogens with one attached hydrogen (secondary N) is 1. The Balaban J connectivity index is 2.20. The number of rotatable bonds is 2. The number of aryl methyl sites for hydroxylation is 2. The van der Waals surface area contributed by atoms with E-state index in [1.807, 2.05) is 13.8 Å². The summed E-state index contributed by atoms with van der Waals surface area (Å²) in [6.07, 6.45) is 3.17. The molecule has 0 aromatic carbocycles. The second kappa shape index (κ2) is 4.81. The minimum atomic E-state index is -0.295. The third-order valence-corrected chi connectivity index (χ3v) is 3.22. The number of carbonyl (C=O) groups excluding carboxylic acids is 1. The zero-order valence-corrected chi connectivity index (χ0v) is 10.9. The van der Waals surface area contributed by atoms with Crippen LogP contribution < -0.4 is 5.32 Å². The SMILES string of the molecule is Cc1cc(Cl)c(C(=O)Nc2ncc(C)s2)cn1. The Morgan fingerprint density at radius 3 is 2.71 bits per heavy atom. The molecule has 0 saturated heterocycles. The molecule has 2 heterocycles. The Kier molecular flexibility index (Phi) is 3.40. The third kappa shape index (κ3) is 2.81. The van der Waals surface area contributed by atoms with Gasteiger partial charge in [0.25, 0.3) is 5.91 Å². The summed E-state index contributed by atoms with van der Waals surface area (Å²) in [5.41, 5.74) is 1.13. The Morgan fingerprint density at radius 1 is 1.35 bits per heavy atom. The van der Waals surface area contributed by atoms with E-state index in [1.54, 1.807) is 12.3 Å². The number of halogens is 1. The molecule has 0 unspecified atom stereocenters. The highest BCUT2D eigenvalue weighted by Crippen LogP contribution is 2.20. The second-order valence-electron chi connectivity index (χ2n) is 3.54. The van der Waals surface area contributed by atoms with Crippen molar-refractivity contribution in [3.8, 4) is 0 Å². The van der Waals surface area contributed by atoms with Crippen LogP contribution in [-0.2, 0) is 0 Å². The van der Waals surface area contributed by atoms with Crippen molar-refractivity contribution in [3.05, 3.63) is 39.6 Å². The van der Waals surface area contributed by atoms with Crippen molar-refractivity contribution in [2.24, 2.45) is 0 Å². The molecule has 1 N–H and O–H groups in total. The predicted octanol–water partition coefficient (Wildman–Crippen LogP) is 3.06. The van der Waals surface area contributed by atoms with Crippen LogP contribution in [0.2, 0.25) is 5.02 Å². The van der Waals surface area contributed by atoms with Gasteiger partial charge in [0.05, 0.1) is 10.6 Å². The van der Waals surface area contributed by atoms with Crippen LogP contribution in [0.1, 0.15) is 20.9 Å². The lowest BCUT2D eigenvalue weighted by molar-refractivity contribution is 0.102. The molecule has 2 rings (SSSR count). The zero-order valence-electron chi connectivity index (χ0n) is 9.32. The van der Waals surface area contributed by atoms with E-state index < -0.39 is 0 Å². The van der Waals surface area contributed by atoms with E-state index in [2.05, 4.69) is 15.3 Å². The Labute approximate surface area is 108 Å². The van der Waals surface area contributed by atoms with E-state index in [-0.39, 0.29) is 5.91 Å². The first kappa shape index (κ1) is 12.0. The largest absolute Gasteiger partial charge is 0.298 e. The van der Waals surface area contributed by atoms with Crippen LogP contribution in [0.4, 0.5) is 5.13 Å². The number of aromatic nitrogens is 2. The fraction of sp³-hybridized carbons (Fsp3) is 0.182. The van der Waals surface area contributed by atoms with Gasteiger partial charge in [-0.15, -0.1) is 11.3 Å². The number of nitrogens with zero attached hydrogens (tertiary/aromatic N) is 2. The normalized spacial score (nSPS) is 10.3. The molecule has 0 saturated carbocycles. The first-order chi connectivity index (χ1) is 8.06. The molecule has 2 aromatic heterocycles. The predicted molar refractivity (Wildman–Crippen MR) is 68.8 cm³/mol. The summed E-state index contributed by atoms with van der Waals surface area (Å²) in [7, 11) is 0. The molecule has 17 heavy (non-hydrogen) atoms. The second-order valence-corrected chi connectivity index (χ2v) is 5.18. The molecule has 0 spiro atoms.